The third kappa shape index (κ3) is 3.84. The zero-order valence-corrected chi connectivity index (χ0v) is 10.5. The minimum atomic E-state index is -1.03. The molecule has 0 spiro atoms. The molecule has 0 unspecified atom stereocenters. The molecule has 92 valence electrons. The van der Waals surface area contributed by atoms with E-state index in [1.54, 1.807) is 0 Å². The second kappa shape index (κ2) is 6.37. The number of carboxylic acids is 1. The van der Waals surface area contributed by atoms with E-state index in [1.807, 2.05) is 0 Å². The highest BCUT2D eigenvalue weighted by molar-refractivity contribution is 6.36. The van der Waals surface area contributed by atoms with Gasteiger partial charge >= 0.3 is 5.97 Å². The van der Waals surface area contributed by atoms with Gasteiger partial charge in [0.15, 0.2) is 11.5 Å². The molecular weight excluding hydrogens is 267 g/mol. The summed E-state index contributed by atoms with van der Waals surface area (Å²) in [6.45, 7) is 0.0911. The first-order valence-electron chi connectivity index (χ1n) is 4.57. The number of halogens is 2. The van der Waals surface area contributed by atoms with Crippen molar-refractivity contribution in [2.45, 2.75) is 0 Å². The van der Waals surface area contributed by atoms with Gasteiger partial charge < -0.3 is 14.6 Å². The lowest BCUT2D eigenvalue weighted by Crippen LogP contribution is -2.01. The third-order valence-electron chi connectivity index (χ3n) is 1.89. The van der Waals surface area contributed by atoms with Gasteiger partial charge in [0.1, 0.15) is 6.61 Å². The van der Waals surface area contributed by atoms with Crippen LogP contribution >= 0.6 is 23.2 Å². The maximum absolute atomic E-state index is 10.7. The van der Waals surface area contributed by atoms with Crippen LogP contribution < -0.4 is 9.47 Å². The molecule has 17 heavy (non-hydrogen) atoms. The van der Waals surface area contributed by atoms with E-state index in [9.17, 15) is 4.79 Å². The normalized spacial score (nSPS) is 11.1. The van der Waals surface area contributed by atoms with Gasteiger partial charge in [-0.1, -0.05) is 23.2 Å². The van der Waals surface area contributed by atoms with Crippen molar-refractivity contribution in [3.63, 3.8) is 0 Å². The second-order valence-corrected chi connectivity index (χ2v) is 3.72. The summed E-state index contributed by atoms with van der Waals surface area (Å²) in [5.41, 5.74) is 1.31. The van der Waals surface area contributed by atoms with Crippen LogP contribution in [0.25, 0.3) is 0 Å². The summed E-state index contributed by atoms with van der Waals surface area (Å²) >= 11 is 11.0. The molecule has 1 rings (SSSR count). The molecule has 0 aliphatic heterocycles. The molecule has 0 saturated carbocycles. The minimum absolute atomic E-state index is 0.0911. The van der Waals surface area contributed by atoms with Crippen LogP contribution in [0.5, 0.6) is 11.5 Å². The van der Waals surface area contributed by atoms with E-state index in [-0.39, 0.29) is 12.2 Å². The second-order valence-electron chi connectivity index (χ2n) is 3.02. The fourth-order valence-electron chi connectivity index (χ4n) is 1.10. The Hall–Kier alpha value is -1.39. The lowest BCUT2D eigenvalue weighted by Gasteiger charge is -2.10. The smallest absolute Gasteiger partial charge is 0.335 e. The zero-order chi connectivity index (χ0) is 12.8. The van der Waals surface area contributed by atoms with Crippen molar-refractivity contribution in [3.05, 3.63) is 34.3 Å². The maximum atomic E-state index is 10.7. The Bertz CT molecular complexity index is 443. The number of ether oxygens (including phenoxy) is 2. The van der Waals surface area contributed by atoms with Crippen LogP contribution in [-0.2, 0) is 0 Å². The van der Waals surface area contributed by atoms with Crippen LogP contribution in [0.15, 0.2) is 28.8 Å². The van der Waals surface area contributed by atoms with Crippen molar-refractivity contribution in [2.75, 3.05) is 13.7 Å². The molecule has 0 heterocycles. The highest BCUT2D eigenvalue weighted by Crippen LogP contribution is 2.28. The number of benzene rings is 1. The molecule has 0 fully saturated rings. The Morgan fingerprint density at radius 1 is 1.47 bits per heavy atom. The van der Waals surface area contributed by atoms with Crippen LogP contribution in [0.2, 0.25) is 0 Å². The van der Waals surface area contributed by atoms with E-state index < -0.39 is 5.97 Å². The number of aromatic carboxylic acids is 1. The van der Waals surface area contributed by atoms with E-state index in [1.165, 1.54) is 30.8 Å². The number of methoxy groups -OCH3 is 1. The van der Waals surface area contributed by atoms with Crippen LogP contribution in [0.1, 0.15) is 10.4 Å². The fourth-order valence-corrected chi connectivity index (χ4v) is 1.22. The molecule has 0 amide bonds. The van der Waals surface area contributed by atoms with Crippen LogP contribution in [0.3, 0.4) is 0 Å². The van der Waals surface area contributed by atoms with Crippen molar-refractivity contribution in [2.24, 2.45) is 0 Å². The maximum Gasteiger partial charge on any atom is 0.335 e. The van der Waals surface area contributed by atoms with Gasteiger partial charge in [-0.2, -0.15) is 0 Å². The molecule has 1 aromatic carbocycles. The summed E-state index contributed by atoms with van der Waals surface area (Å²) in [6.07, 6.45) is 0. The first-order valence-corrected chi connectivity index (χ1v) is 5.38. The summed E-state index contributed by atoms with van der Waals surface area (Å²) in [6, 6.07) is 4.29. The zero-order valence-electron chi connectivity index (χ0n) is 8.94. The average molecular weight is 277 g/mol. The van der Waals surface area contributed by atoms with Gasteiger partial charge in [0.05, 0.1) is 17.7 Å². The first kappa shape index (κ1) is 13.7. The molecule has 0 aliphatic carbocycles. The molecule has 4 nitrogen and oxygen atoms in total. The molecule has 0 aliphatic rings. The summed E-state index contributed by atoms with van der Waals surface area (Å²) in [4.78, 5) is 10.7. The first-order chi connectivity index (χ1) is 8.08. The Morgan fingerprint density at radius 2 is 2.18 bits per heavy atom. The van der Waals surface area contributed by atoms with Crippen molar-refractivity contribution >= 4 is 29.2 Å². The van der Waals surface area contributed by atoms with Crippen LogP contribution in [0.4, 0.5) is 0 Å². The Balaban J connectivity index is 2.89. The molecule has 1 aromatic rings. The van der Waals surface area contributed by atoms with E-state index in [4.69, 9.17) is 37.8 Å². The van der Waals surface area contributed by atoms with Gasteiger partial charge in [-0.15, -0.1) is 0 Å². The average Bonchev–Trinajstić information content (AvgIpc) is 2.35. The fraction of sp³-hybridized carbons (Fsp3) is 0.182. The van der Waals surface area contributed by atoms with Crippen LogP contribution in [-0.4, -0.2) is 24.8 Å². The minimum Gasteiger partial charge on any atom is -0.493 e. The van der Waals surface area contributed by atoms with Gasteiger partial charge in [-0.3, -0.25) is 0 Å². The third-order valence-corrected chi connectivity index (χ3v) is 2.49. The number of carboxylic acid groups (broad SMARTS) is 1. The largest absolute Gasteiger partial charge is 0.493 e. The Kier molecular flexibility index (Phi) is 5.12. The van der Waals surface area contributed by atoms with E-state index in [0.29, 0.717) is 16.5 Å². The predicted octanol–water partition coefficient (Wildman–Crippen LogP) is 3.09. The highest BCUT2D eigenvalue weighted by Gasteiger charge is 2.10. The SMILES string of the molecule is COc1cc(C(=O)O)ccc1OCC(Cl)=CCl. The summed E-state index contributed by atoms with van der Waals surface area (Å²) in [5, 5.41) is 9.14. The van der Waals surface area contributed by atoms with Gasteiger partial charge in [-0.05, 0) is 18.2 Å². The van der Waals surface area contributed by atoms with Gasteiger partial charge in [0.25, 0.3) is 0 Å². The van der Waals surface area contributed by atoms with E-state index >= 15 is 0 Å². The molecule has 0 bridgehead atoms. The molecule has 0 radical (unpaired) electrons. The molecule has 6 heteroatoms. The van der Waals surface area contributed by atoms with Crippen molar-refractivity contribution in [1.29, 1.82) is 0 Å². The topological polar surface area (TPSA) is 55.8 Å². The monoisotopic (exact) mass is 276 g/mol. The summed E-state index contributed by atoms with van der Waals surface area (Å²) < 4.78 is 10.3. The van der Waals surface area contributed by atoms with Gasteiger partial charge in [0.2, 0.25) is 0 Å². The molecular formula is C11H10Cl2O4. The summed E-state index contributed by atoms with van der Waals surface area (Å²) in [5.74, 6) is -0.313. The number of rotatable bonds is 5. The highest BCUT2D eigenvalue weighted by atomic mass is 35.5. The van der Waals surface area contributed by atoms with E-state index in [2.05, 4.69) is 0 Å². The summed E-state index contributed by atoms with van der Waals surface area (Å²) in [7, 11) is 1.42. The lowest BCUT2D eigenvalue weighted by atomic mass is 10.2. The van der Waals surface area contributed by atoms with Gasteiger partial charge in [-0.25, -0.2) is 4.79 Å². The standard InChI is InChI=1S/C11H10Cl2O4/c1-16-10-4-7(11(14)15)2-3-9(10)17-6-8(13)5-12/h2-5H,6H2,1H3,(H,14,15). The number of hydrogen-bond donors (Lipinski definition) is 1. The number of carbonyl (C=O) groups is 1. The van der Waals surface area contributed by atoms with Crippen LogP contribution in [0, 0.1) is 0 Å². The number of hydrogen-bond acceptors (Lipinski definition) is 3. The molecule has 0 saturated heterocycles. The van der Waals surface area contributed by atoms with Crippen molar-refractivity contribution in [1.82, 2.24) is 0 Å². The molecule has 0 atom stereocenters. The van der Waals surface area contributed by atoms with E-state index in [0.717, 1.165) is 0 Å². The van der Waals surface area contributed by atoms with Gasteiger partial charge in [0, 0.05) is 5.54 Å². The van der Waals surface area contributed by atoms with Crippen molar-refractivity contribution in [3.8, 4) is 11.5 Å². The quantitative estimate of drug-likeness (QED) is 0.898. The lowest BCUT2D eigenvalue weighted by molar-refractivity contribution is 0.0696. The Morgan fingerprint density at radius 3 is 2.71 bits per heavy atom. The predicted molar refractivity (Wildman–Crippen MR) is 65.2 cm³/mol. The Labute approximate surface area is 108 Å². The molecule has 0 aromatic heterocycles. The van der Waals surface area contributed by atoms with Crippen molar-refractivity contribution < 1.29 is 19.4 Å². The molecule has 1 N–H and O–H groups in total.